The van der Waals surface area contributed by atoms with Crippen LogP contribution in [0.2, 0.25) is 0 Å². The Bertz CT molecular complexity index is 365. The number of carbonyl (C=O) groups excluding carboxylic acids is 1. The molecule has 0 aromatic heterocycles. The van der Waals surface area contributed by atoms with Crippen LogP contribution in [-0.2, 0) is 4.79 Å². The largest absolute Gasteiger partial charge is 0.480 e. The summed E-state index contributed by atoms with van der Waals surface area (Å²) in [6, 6.07) is 7.88. The van der Waals surface area contributed by atoms with Crippen LogP contribution >= 0.6 is 0 Å². The average Bonchev–Trinajstić information content (AvgIpc) is 2.30. The molecule has 1 atom stereocenters. The topological polar surface area (TPSA) is 78.4 Å². The van der Waals surface area contributed by atoms with Gasteiger partial charge < -0.3 is 15.7 Å². The number of carbonyl (C=O) groups is 2. The first-order valence-corrected chi connectivity index (χ1v) is 4.88. The van der Waals surface area contributed by atoms with Crippen molar-refractivity contribution in [2.45, 2.75) is 6.04 Å². The number of amides is 1. The molecule has 1 aromatic carbocycles. The van der Waals surface area contributed by atoms with Gasteiger partial charge in [-0.1, -0.05) is 18.2 Å². The van der Waals surface area contributed by atoms with Crippen LogP contribution in [0, 0.1) is 0 Å². The van der Waals surface area contributed by atoms with E-state index >= 15 is 0 Å². The lowest BCUT2D eigenvalue weighted by molar-refractivity contribution is -0.139. The second kappa shape index (κ2) is 5.87. The zero-order valence-electron chi connectivity index (χ0n) is 8.93. The third-order valence-corrected chi connectivity index (χ3v) is 2.15. The SMILES string of the molecule is CNC(CNC(=O)c1ccccc1)C(=O)O. The van der Waals surface area contributed by atoms with Gasteiger partial charge in [0.15, 0.2) is 0 Å². The number of rotatable bonds is 5. The first-order valence-electron chi connectivity index (χ1n) is 4.88. The van der Waals surface area contributed by atoms with Gasteiger partial charge in [0.2, 0.25) is 0 Å². The lowest BCUT2D eigenvalue weighted by Gasteiger charge is -2.12. The summed E-state index contributed by atoms with van der Waals surface area (Å²) in [5, 5.41) is 13.9. The van der Waals surface area contributed by atoms with Crippen molar-refractivity contribution < 1.29 is 14.7 Å². The number of benzene rings is 1. The molecule has 5 heteroatoms. The van der Waals surface area contributed by atoms with E-state index in [0.717, 1.165) is 0 Å². The Hall–Kier alpha value is -1.88. The van der Waals surface area contributed by atoms with Crippen molar-refractivity contribution in [3.05, 3.63) is 35.9 Å². The standard InChI is InChI=1S/C11H14N2O3/c1-12-9(11(15)16)7-13-10(14)8-5-3-2-4-6-8/h2-6,9,12H,7H2,1H3,(H,13,14)(H,15,16). The fourth-order valence-electron chi connectivity index (χ4n) is 1.20. The van der Waals surface area contributed by atoms with E-state index in [-0.39, 0.29) is 12.5 Å². The summed E-state index contributed by atoms with van der Waals surface area (Å²) >= 11 is 0. The Balaban J connectivity index is 2.50. The van der Waals surface area contributed by atoms with Crippen molar-refractivity contribution in [1.82, 2.24) is 10.6 Å². The molecule has 86 valence electrons. The van der Waals surface area contributed by atoms with E-state index < -0.39 is 12.0 Å². The normalized spacial score (nSPS) is 11.8. The van der Waals surface area contributed by atoms with Gasteiger partial charge in [0, 0.05) is 12.1 Å². The molecule has 1 rings (SSSR count). The van der Waals surface area contributed by atoms with Crippen LogP contribution in [-0.4, -0.2) is 36.6 Å². The number of likely N-dealkylation sites (N-methyl/N-ethyl adjacent to an activating group) is 1. The highest BCUT2D eigenvalue weighted by Gasteiger charge is 2.15. The predicted molar refractivity (Wildman–Crippen MR) is 59.3 cm³/mol. The zero-order chi connectivity index (χ0) is 12.0. The predicted octanol–water partition coefficient (Wildman–Crippen LogP) is 0.0890. The van der Waals surface area contributed by atoms with Gasteiger partial charge in [0.25, 0.3) is 5.91 Å². The Morgan fingerprint density at radius 1 is 1.31 bits per heavy atom. The number of carboxylic acid groups (broad SMARTS) is 1. The van der Waals surface area contributed by atoms with E-state index in [9.17, 15) is 9.59 Å². The molecule has 0 aliphatic heterocycles. The molecular formula is C11H14N2O3. The number of hydrogen-bond donors (Lipinski definition) is 3. The van der Waals surface area contributed by atoms with Gasteiger partial charge in [-0.05, 0) is 19.2 Å². The van der Waals surface area contributed by atoms with Gasteiger partial charge >= 0.3 is 5.97 Å². The van der Waals surface area contributed by atoms with Crippen LogP contribution in [0.4, 0.5) is 0 Å². The van der Waals surface area contributed by atoms with Gasteiger partial charge in [0.05, 0.1) is 0 Å². The van der Waals surface area contributed by atoms with E-state index in [1.165, 1.54) is 7.05 Å². The molecule has 1 aromatic rings. The van der Waals surface area contributed by atoms with Gasteiger partial charge in [-0.3, -0.25) is 9.59 Å². The Morgan fingerprint density at radius 2 is 1.94 bits per heavy atom. The fourth-order valence-corrected chi connectivity index (χ4v) is 1.20. The fraction of sp³-hybridized carbons (Fsp3) is 0.273. The summed E-state index contributed by atoms with van der Waals surface area (Å²) in [5.41, 5.74) is 0.516. The quantitative estimate of drug-likeness (QED) is 0.659. The van der Waals surface area contributed by atoms with Crippen molar-refractivity contribution >= 4 is 11.9 Å². The lowest BCUT2D eigenvalue weighted by atomic mass is 10.2. The van der Waals surface area contributed by atoms with Crippen molar-refractivity contribution in [1.29, 1.82) is 0 Å². The van der Waals surface area contributed by atoms with E-state index in [4.69, 9.17) is 5.11 Å². The molecule has 0 bridgehead atoms. The summed E-state index contributed by atoms with van der Waals surface area (Å²) in [6.07, 6.45) is 0. The first kappa shape index (κ1) is 12.2. The molecule has 16 heavy (non-hydrogen) atoms. The molecule has 0 heterocycles. The highest BCUT2D eigenvalue weighted by Crippen LogP contribution is 1.97. The monoisotopic (exact) mass is 222 g/mol. The van der Waals surface area contributed by atoms with E-state index in [1.807, 2.05) is 6.07 Å². The molecule has 0 aliphatic rings. The van der Waals surface area contributed by atoms with Crippen molar-refractivity contribution in [2.24, 2.45) is 0 Å². The maximum Gasteiger partial charge on any atom is 0.322 e. The number of aliphatic carboxylic acids is 1. The molecule has 0 saturated heterocycles. The van der Waals surface area contributed by atoms with E-state index in [1.54, 1.807) is 24.3 Å². The number of nitrogens with one attached hydrogen (secondary N) is 2. The summed E-state index contributed by atoms with van der Waals surface area (Å²) in [4.78, 5) is 22.2. The molecule has 5 nitrogen and oxygen atoms in total. The molecule has 0 fully saturated rings. The first-order chi connectivity index (χ1) is 7.65. The van der Waals surface area contributed by atoms with Gasteiger partial charge in [-0.25, -0.2) is 0 Å². The van der Waals surface area contributed by atoms with Crippen LogP contribution in [0.3, 0.4) is 0 Å². The highest BCUT2D eigenvalue weighted by atomic mass is 16.4. The third kappa shape index (κ3) is 3.36. The minimum atomic E-state index is -0.990. The summed E-state index contributed by atoms with van der Waals surface area (Å²) in [7, 11) is 1.54. The average molecular weight is 222 g/mol. The second-order valence-corrected chi connectivity index (χ2v) is 3.26. The molecule has 0 spiro atoms. The minimum Gasteiger partial charge on any atom is -0.480 e. The van der Waals surface area contributed by atoms with Gasteiger partial charge in [-0.2, -0.15) is 0 Å². The maximum atomic E-state index is 11.6. The molecule has 0 radical (unpaired) electrons. The second-order valence-electron chi connectivity index (χ2n) is 3.26. The molecular weight excluding hydrogens is 208 g/mol. The maximum absolute atomic E-state index is 11.6. The summed E-state index contributed by atoms with van der Waals surface area (Å²) in [5.74, 6) is -1.27. The van der Waals surface area contributed by atoms with E-state index in [0.29, 0.717) is 5.56 Å². The smallest absolute Gasteiger partial charge is 0.322 e. The summed E-state index contributed by atoms with van der Waals surface area (Å²) in [6.45, 7) is 0.0551. The van der Waals surface area contributed by atoms with Crippen LogP contribution in [0.25, 0.3) is 0 Å². The molecule has 1 unspecified atom stereocenters. The Labute approximate surface area is 93.5 Å². The Kier molecular flexibility index (Phi) is 4.47. The Morgan fingerprint density at radius 3 is 2.44 bits per heavy atom. The summed E-state index contributed by atoms with van der Waals surface area (Å²) < 4.78 is 0. The van der Waals surface area contributed by atoms with Crippen molar-refractivity contribution in [3.8, 4) is 0 Å². The highest BCUT2D eigenvalue weighted by molar-refractivity contribution is 5.94. The third-order valence-electron chi connectivity index (χ3n) is 2.15. The molecule has 0 saturated carbocycles. The van der Waals surface area contributed by atoms with Crippen LogP contribution in [0.1, 0.15) is 10.4 Å². The van der Waals surface area contributed by atoms with E-state index in [2.05, 4.69) is 10.6 Å². The number of hydrogen-bond acceptors (Lipinski definition) is 3. The minimum absolute atomic E-state index is 0.0551. The van der Waals surface area contributed by atoms with Gasteiger partial charge in [-0.15, -0.1) is 0 Å². The van der Waals surface area contributed by atoms with Crippen LogP contribution in [0.5, 0.6) is 0 Å². The van der Waals surface area contributed by atoms with Crippen molar-refractivity contribution in [3.63, 3.8) is 0 Å². The zero-order valence-corrected chi connectivity index (χ0v) is 8.93. The van der Waals surface area contributed by atoms with Crippen molar-refractivity contribution in [2.75, 3.05) is 13.6 Å². The van der Waals surface area contributed by atoms with Gasteiger partial charge in [0.1, 0.15) is 6.04 Å². The molecule has 1 amide bonds. The molecule has 0 aliphatic carbocycles. The number of carboxylic acids is 1. The van der Waals surface area contributed by atoms with Crippen LogP contribution < -0.4 is 10.6 Å². The lowest BCUT2D eigenvalue weighted by Crippen LogP contribution is -2.44. The van der Waals surface area contributed by atoms with Crippen LogP contribution in [0.15, 0.2) is 30.3 Å². The molecule has 3 N–H and O–H groups in total.